The van der Waals surface area contributed by atoms with Crippen LogP contribution in [0.2, 0.25) is 5.02 Å². The number of halogens is 1. The van der Waals surface area contributed by atoms with Gasteiger partial charge in [0.1, 0.15) is 0 Å². The number of hydrogen-bond acceptors (Lipinski definition) is 4. The van der Waals surface area contributed by atoms with Crippen LogP contribution in [0.5, 0.6) is 0 Å². The summed E-state index contributed by atoms with van der Waals surface area (Å²) in [6.07, 6.45) is 0.543. The molecular formula is C15H19ClN2O4S. The summed E-state index contributed by atoms with van der Waals surface area (Å²) < 4.78 is 22.8. The van der Waals surface area contributed by atoms with Crippen molar-refractivity contribution in [2.75, 3.05) is 23.0 Å². The Morgan fingerprint density at radius 3 is 2.70 bits per heavy atom. The second kappa shape index (κ2) is 7.31. The topological polar surface area (TPSA) is 83.6 Å². The molecule has 6 nitrogen and oxygen atoms in total. The lowest BCUT2D eigenvalue weighted by molar-refractivity contribution is -0.121. The van der Waals surface area contributed by atoms with Crippen molar-refractivity contribution in [2.45, 2.75) is 25.8 Å². The second-order valence-corrected chi connectivity index (χ2v) is 8.23. The monoisotopic (exact) mass is 358 g/mol. The van der Waals surface area contributed by atoms with Gasteiger partial charge < -0.3 is 10.2 Å². The van der Waals surface area contributed by atoms with Crippen LogP contribution in [-0.4, -0.2) is 44.3 Å². The lowest BCUT2D eigenvalue weighted by atomic mass is 10.2. The van der Waals surface area contributed by atoms with Gasteiger partial charge in [-0.25, -0.2) is 8.42 Å². The van der Waals surface area contributed by atoms with E-state index < -0.39 is 9.84 Å². The highest BCUT2D eigenvalue weighted by molar-refractivity contribution is 7.91. The maximum absolute atomic E-state index is 12.0. The van der Waals surface area contributed by atoms with Crippen LogP contribution in [0.4, 0.5) is 5.69 Å². The van der Waals surface area contributed by atoms with Crippen molar-refractivity contribution in [1.82, 2.24) is 5.32 Å². The van der Waals surface area contributed by atoms with Crippen molar-refractivity contribution in [3.63, 3.8) is 0 Å². The van der Waals surface area contributed by atoms with E-state index in [1.807, 2.05) is 0 Å². The van der Waals surface area contributed by atoms with Gasteiger partial charge in [0.05, 0.1) is 11.5 Å². The minimum atomic E-state index is -3.03. The summed E-state index contributed by atoms with van der Waals surface area (Å²) in [6.45, 7) is 1.63. The smallest absolute Gasteiger partial charge is 0.223 e. The van der Waals surface area contributed by atoms with Crippen molar-refractivity contribution in [3.05, 3.63) is 29.3 Å². The molecule has 1 unspecified atom stereocenters. The molecule has 0 spiro atoms. The van der Waals surface area contributed by atoms with Crippen molar-refractivity contribution >= 4 is 38.9 Å². The number of carbonyl (C=O) groups excluding carboxylic acids is 2. The van der Waals surface area contributed by atoms with Gasteiger partial charge in [0.2, 0.25) is 11.8 Å². The molecule has 0 aliphatic carbocycles. The van der Waals surface area contributed by atoms with E-state index in [2.05, 4.69) is 5.32 Å². The molecule has 126 valence electrons. The number of benzene rings is 1. The fourth-order valence-electron chi connectivity index (χ4n) is 2.53. The van der Waals surface area contributed by atoms with Gasteiger partial charge in [-0.2, -0.15) is 0 Å². The average Bonchev–Trinajstić information content (AvgIpc) is 2.77. The van der Waals surface area contributed by atoms with Crippen LogP contribution in [-0.2, 0) is 19.4 Å². The van der Waals surface area contributed by atoms with Crippen molar-refractivity contribution in [2.24, 2.45) is 0 Å². The fraction of sp³-hybridized carbons (Fsp3) is 0.467. The van der Waals surface area contributed by atoms with Crippen LogP contribution in [0.25, 0.3) is 0 Å². The zero-order valence-corrected chi connectivity index (χ0v) is 14.4. The molecule has 0 radical (unpaired) electrons. The second-order valence-electron chi connectivity index (χ2n) is 5.57. The fourth-order valence-corrected chi connectivity index (χ4v) is 4.39. The number of nitrogens with zero attached hydrogens (tertiary/aromatic N) is 1. The number of nitrogens with one attached hydrogen (secondary N) is 1. The molecule has 1 N–H and O–H groups in total. The summed E-state index contributed by atoms with van der Waals surface area (Å²) in [5, 5.41) is 3.22. The van der Waals surface area contributed by atoms with Gasteiger partial charge in [0.25, 0.3) is 0 Å². The van der Waals surface area contributed by atoms with E-state index in [9.17, 15) is 18.0 Å². The van der Waals surface area contributed by atoms with E-state index >= 15 is 0 Å². The third-order valence-corrected chi connectivity index (χ3v) is 5.66. The van der Waals surface area contributed by atoms with Crippen LogP contribution in [0.15, 0.2) is 24.3 Å². The highest BCUT2D eigenvalue weighted by Crippen LogP contribution is 2.20. The normalized spacial score (nSPS) is 19.3. The van der Waals surface area contributed by atoms with Crippen molar-refractivity contribution in [1.29, 1.82) is 0 Å². The van der Waals surface area contributed by atoms with Crippen molar-refractivity contribution < 1.29 is 18.0 Å². The Morgan fingerprint density at radius 1 is 1.39 bits per heavy atom. The van der Waals surface area contributed by atoms with Gasteiger partial charge in [-0.05, 0) is 24.6 Å². The first kappa shape index (κ1) is 17.7. The summed E-state index contributed by atoms with van der Waals surface area (Å²) in [5.74, 6) is -0.354. The molecule has 0 aromatic heterocycles. The van der Waals surface area contributed by atoms with E-state index in [1.54, 1.807) is 24.3 Å². The molecule has 1 heterocycles. The van der Waals surface area contributed by atoms with Crippen LogP contribution in [0.1, 0.15) is 19.8 Å². The summed E-state index contributed by atoms with van der Waals surface area (Å²) in [5.41, 5.74) is 0.626. The predicted octanol–water partition coefficient (Wildman–Crippen LogP) is 1.39. The van der Waals surface area contributed by atoms with E-state index in [0.29, 0.717) is 17.1 Å². The summed E-state index contributed by atoms with van der Waals surface area (Å²) >= 11 is 5.92. The third kappa shape index (κ3) is 5.21. The number of anilines is 1. The van der Waals surface area contributed by atoms with Gasteiger partial charge in [-0.3, -0.25) is 9.59 Å². The number of rotatable bonds is 5. The number of carbonyl (C=O) groups is 2. The predicted molar refractivity (Wildman–Crippen MR) is 89.3 cm³/mol. The molecule has 1 atom stereocenters. The molecule has 2 amide bonds. The Kier molecular flexibility index (Phi) is 5.64. The Bertz CT molecular complexity index is 705. The minimum absolute atomic E-state index is 0.0105. The maximum Gasteiger partial charge on any atom is 0.223 e. The van der Waals surface area contributed by atoms with E-state index in [0.717, 1.165) is 0 Å². The molecule has 0 bridgehead atoms. The SMILES string of the molecule is CC(=O)N(CCC(=O)NC1CCS(=O)(=O)C1)c1cccc(Cl)c1. The lowest BCUT2D eigenvalue weighted by Gasteiger charge is -2.21. The quantitative estimate of drug-likeness (QED) is 0.862. The van der Waals surface area contributed by atoms with E-state index in [4.69, 9.17) is 11.6 Å². The molecule has 0 saturated carbocycles. The van der Waals surface area contributed by atoms with Gasteiger partial charge in [0, 0.05) is 36.6 Å². The van der Waals surface area contributed by atoms with Gasteiger partial charge >= 0.3 is 0 Å². The van der Waals surface area contributed by atoms with Gasteiger partial charge in [-0.15, -0.1) is 0 Å². The summed E-state index contributed by atoms with van der Waals surface area (Å²) in [7, 11) is -3.03. The van der Waals surface area contributed by atoms with Crippen LogP contribution in [0, 0.1) is 0 Å². The Balaban J connectivity index is 1.92. The van der Waals surface area contributed by atoms with Gasteiger partial charge in [0.15, 0.2) is 9.84 Å². The van der Waals surface area contributed by atoms with Crippen LogP contribution < -0.4 is 10.2 Å². The standard InChI is InChI=1S/C15H19ClN2O4S/c1-11(19)18(14-4-2-3-12(16)9-14)7-5-15(20)17-13-6-8-23(21,22)10-13/h2-4,9,13H,5-8,10H2,1H3,(H,17,20). The highest BCUT2D eigenvalue weighted by atomic mass is 35.5. The molecule has 1 aliphatic heterocycles. The molecule has 23 heavy (non-hydrogen) atoms. The molecular weight excluding hydrogens is 340 g/mol. The molecule has 1 saturated heterocycles. The molecule has 1 aromatic rings. The summed E-state index contributed by atoms with van der Waals surface area (Å²) in [4.78, 5) is 25.2. The summed E-state index contributed by atoms with van der Waals surface area (Å²) in [6, 6.07) is 6.51. The number of amides is 2. The van der Waals surface area contributed by atoms with Crippen LogP contribution >= 0.6 is 11.6 Å². The Labute approximate surface area is 140 Å². The van der Waals surface area contributed by atoms with Gasteiger partial charge in [-0.1, -0.05) is 17.7 Å². The zero-order chi connectivity index (χ0) is 17.0. The minimum Gasteiger partial charge on any atom is -0.352 e. The number of hydrogen-bond donors (Lipinski definition) is 1. The Hall–Kier alpha value is -1.60. The lowest BCUT2D eigenvalue weighted by Crippen LogP contribution is -2.38. The maximum atomic E-state index is 12.0. The van der Waals surface area contributed by atoms with Crippen molar-refractivity contribution in [3.8, 4) is 0 Å². The van der Waals surface area contributed by atoms with E-state index in [1.165, 1.54) is 11.8 Å². The van der Waals surface area contributed by atoms with E-state index in [-0.39, 0.29) is 42.3 Å². The highest BCUT2D eigenvalue weighted by Gasteiger charge is 2.28. The molecule has 2 rings (SSSR count). The zero-order valence-electron chi connectivity index (χ0n) is 12.8. The first-order chi connectivity index (χ1) is 10.8. The average molecular weight is 359 g/mol. The number of sulfone groups is 1. The largest absolute Gasteiger partial charge is 0.352 e. The molecule has 1 aliphatic rings. The first-order valence-electron chi connectivity index (χ1n) is 7.30. The molecule has 1 fully saturated rings. The molecule has 8 heteroatoms. The van der Waals surface area contributed by atoms with Crippen LogP contribution in [0.3, 0.4) is 0 Å². The molecule has 1 aromatic carbocycles. The Morgan fingerprint density at radius 2 is 2.13 bits per heavy atom. The third-order valence-electron chi connectivity index (χ3n) is 3.66. The first-order valence-corrected chi connectivity index (χ1v) is 9.50.